The van der Waals surface area contributed by atoms with E-state index < -0.39 is 16.0 Å². The Labute approximate surface area is 125 Å². The zero-order chi connectivity index (χ0) is 15.6. The van der Waals surface area contributed by atoms with Gasteiger partial charge in [-0.15, -0.1) is 0 Å². The molecule has 1 aromatic carbocycles. The fourth-order valence-corrected chi connectivity index (χ4v) is 4.44. The first-order chi connectivity index (χ1) is 9.84. The summed E-state index contributed by atoms with van der Waals surface area (Å²) >= 11 is 0. The predicted octanol–water partition coefficient (Wildman–Crippen LogP) is 2.50. The van der Waals surface area contributed by atoms with E-state index in [4.69, 9.17) is 5.11 Å². The summed E-state index contributed by atoms with van der Waals surface area (Å²) in [7, 11) is -2.07. The number of benzene rings is 1. The Morgan fingerprint density at radius 1 is 1.33 bits per heavy atom. The van der Waals surface area contributed by atoms with Crippen molar-refractivity contribution in [3.8, 4) is 0 Å². The van der Waals surface area contributed by atoms with Crippen LogP contribution in [0.4, 0.5) is 0 Å². The number of nitrogens with zero attached hydrogens (tertiary/aromatic N) is 1. The second-order valence-corrected chi connectivity index (χ2v) is 7.68. The molecular weight excluding hydrogens is 290 g/mol. The zero-order valence-electron chi connectivity index (χ0n) is 12.4. The lowest BCUT2D eigenvalue weighted by Gasteiger charge is -2.22. The smallest absolute Gasteiger partial charge is 0.335 e. The fraction of sp³-hybridized carbons (Fsp3) is 0.533. The second kappa shape index (κ2) is 6.15. The molecule has 6 heteroatoms. The van der Waals surface area contributed by atoms with E-state index in [0.29, 0.717) is 18.0 Å². The maximum atomic E-state index is 12.6. The summed E-state index contributed by atoms with van der Waals surface area (Å²) in [5, 5.41) is 9.12. The molecule has 1 aromatic rings. The molecule has 0 amide bonds. The Morgan fingerprint density at radius 2 is 1.95 bits per heavy atom. The van der Waals surface area contributed by atoms with Crippen LogP contribution in [0.1, 0.15) is 41.6 Å². The number of rotatable bonds is 5. The third-order valence-electron chi connectivity index (χ3n) is 4.19. The van der Waals surface area contributed by atoms with Gasteiger partial charge >= 0.3 is 5.97 Å². The highest BCUT2D eigenvalue weighted by atomic mass is 32.2. The number of aromatic carboxylic acids is 1. The number of carboxylic acids is 1. The molecule has 1 aliphatic carbocycles. The van der Waals surface area contributed by atoms with Gasteiger partial charge < -0.3 is 5.11 Å². The van der Waals surface area contributed by atoms with Crippen molar-refractivity contribution in [1.29, 1.82) is 0 Å². The predicted molar refractivity (Wildman–Crippen MR) is 79.9 cm³/mol. The Balaban J connectivity index is 2.30. The zero-order valence-corrected chi connectivity index (χ0v) is 13.2. The molecule has 0 saturated heterocycles. The van der Waals surface area contributed by atoms with Gasteiger partial charge in [0.2, 0.25) is 10.0 Å². The molecule has 0 radical (unpaired) electrons. The molecule has 116 valence electrons. The molecule has 1 aliphatic rings. The normalized spacial score (nSPS) is 16.5. The number of sulfonamides is 1. The topological polar surface area (TPSA) is 74.7 Å². The van der Waals surface area contributed by atoms with Gasteiger partial charge in [0.1, 0.15) is 0 Å². The van der Waals surface area contributed by atoms with E-state index in [1.165, 1.54) is 22.5 Å². The van der Waals surface area contributed by atoms with Gasteiger partial charge in [-0.25, -0.2) is 17.5 Å². The monoisotopic (exact) mass is 311 g/mol. The van der Waals surface area contributed by atoms with Crippen molar-refractivity contribution in [2.75, 3.05) is 13.6 Å². The minimum atomic E-state index is -3.64. The van der Waals surface area contributed by atoms with Crippen molar-refractivity contribution >= 4 is 16.0 Å². The molecule has 0 heterocycles. The van der Waals surface area contributed by atoms with Crippen LogP contribution >= 0.6 is 0 Å². The molecule has 5 nitrogen and oxygen atoms in total. The van der Waals surface area contributed by atoms with Crippen LogP contribution in [0.5, 0.6) is 0 Å². The summed E-state index contributed by atoms with van der Waals surface area (Å²) in [6.07, 6.45) is 4.44. The molecule has 0 unspecified atom stereocenters. The van der Waals surface area contributed by atoms with Crippen molar-refractivity contribution in [2.24, 2.45) is 5.92 Å². The number of hydrogen-bond acceptors (Lipinski definition) is 3. The van der Waals surface area contributed by atoms with Crippen LogP contribution in [0.2, 0.25) is 0 Å². The standard InChI is InChI=1S/C15H21NO4S/c1-11-13(15(17)18)8-5-9-14(11)21(19,20)16(2)10-12-6-3-4-7-12/h5,8-9,12H,3-4,6-7,10H2,1-2H3,(H,17,18). The number of carbonyl (C=O) groups is 1. The molecule has 0 aromatic heterocycles. The maximum Gasteiger partial charge on any atom is 0.335 e. The first-order valence-corrected chi connectivity index (χ1v) is 8.57. The summed E-state index contributed by atoms with van der Waals surface area (Å²) < 4.78 is 26.7. The van der Waals surface area contributed by atoms with Gasteiger partial charge in [-0.3, -0.25) is 0 Å². The van der Waals surface area contributed by atoms with Crippen molar-refractivity contribution in [3.63, 3.8) is 0 Å². The first kappa shape index (κ1) is 16.0. The minimum absolute atomic E-state index is 0.0327. The fourth-order valence-electron chi connectivity index (χ4n) is 2.95. The highest BCUT2D eigenvalue weighted by Crippen LogP contribution is 2.28. The number of carboxylic acid groups (broad SMARTS) is 1. The molecule has 1 N–H and O–H groups in total. The SMILES string of the molecule is Cc1c(C(=O)O)cccc1S(=O)(=O)N(C)CC1CCCC1. The summed E-state index contributed by atoms with van der Waals surface area (Å²) in [5.41, 5.74) is 0.327. The molecular formula is C15H21NO4S. The summed E-state index contributed by atoms with van der Waals surface area (Å²) in [6, 6.07) is 4.38. The van der Waals surface area contributed by atoms with E-state index >= 15 is 0 Å². The summed E-state index contributed by atoms with van der Waals surface area (Å²) in [5.74, 6) is -0.698. The van der Waals surface area contributed by atoms with E-state index in [2.05, 4.69) is 0 Å². The maximum absolute atomic E-state index is 12.6. The van der Waals surface area contributed by atoms with Gasteiger partial charge in [-0.2, -0.15) is 0 Å². The molecule has 1 saturated carbocycles. The van der Waals surface area contributed by atoms with E-state index in [9.17, 15) is 13.2 Å². The lowest BCUT2D eigenvalue weighted by molar-refractivity contribution is 0.0696. The largest absolute Gasteiger partial charge is 0.478 e. The average Bonchev–Trinajstić information content (AvgIpc) is 2.91. The summed E-state index contributed by atoms with van der Waals surface area (Å²) in [4.78, 5) is 11.2. The van der Waals surface area contributed by atoms with Crippen LogP contribution in [0.25, 0.3) is 0 Å². The second-order valence-electron chi connectivity index (χ2n) is 5.67. The minimum Gasteiger partial charge on any atom is -0.478 e. The quantitative estimate of drug-likeness (QED) is 0.906. The van der Waals surface area contributed by atoms with E-state index in [-0.39, 0.29) is 10.5 Å². The first-order valence-electron chi connectivity index (χ1n) is 7.13. The Hall–Kier alpha value is -1.40. The number of hydrogen-bond donors (Lipinski definition) is 1. The van der Waals surface area contributed by atoms with Gasteiger partial charge in [-0.1, -0.05) is 18.9 Å². The third kappa shape index (κ3) is 3.27. The van der Waals surface area contributed by atoms with Crippen LogP contribution in [0.3, 0.4) is 0 Å². The highest BCUT2D eigenvalue weighted by Gasteiger charge is 2.28. The van der Waals surface area contributed by atoms with Crippen LogP contribution < -0.4 is 0 Å². The van der Waals surface area contributed by atoms with Gasteiger partial charge in [0.15, 0.2) is 0 Å². The van der Waals surface area contributed by atoms with Crippen LogP contribution in [0.15, 0.2) is 23.1 Å². The van der Waals surface area contributed by atoms with E-state index in [1.807, 2.05) is 0 Å². The summed E-state index contributed by atoms with van der Waals surface area (Å²) in [6.45, 7) is 2.04. The molecule has 2 rings (SSSR count). The van der Waals surface area contributed by atoms with Crippen LogP contribution in [-0.2, 0) is 10.0 Å². The molecule has 0 spiro atoms. The van der Waals surface area contributed by atoms with Crippen molar-refractivity contribution in [2.45, 2.75) is 37.5 Å². The Kier molecular flexibility index (Phi) is 4.68. The lowest BCUT2D eigenvalue weighted by atomic mass is 10.1. The van der Waals surface area contributed by atoms with Crippen molar-refractivity contribution < 1.29 is 18.3 Å². The van der Waals surface area contributed by atoms with Crippen LogP contribution in [0, 0.1) is 12.8 Å². The Morgan fingerprint density at radius 3 is 2.52 bits per heavy atom. The molecule has 1 fully saturated rings. The van der Waals surface area contributed by atoms with Gasteiger partial charge in [-0.05, 0) is 43.4 Å². The van der Waals surface area contributed by atoms with Gasteiger partial charge in [0, 0.05) is 13.6 Å². The molecule has 21 heavy (non-hydrogen) atoms. The van der Waals surface area contributed by atoms with Crippen molar-refractivity contribution in [1.82, 2.24) is 4.31 Å². The molecule has 0 bridgehead atoms. The van der Waals surface area contributed by atoms with E-state index in [0.717, 1.165) is 25.7 Å². The third-order valence-corrected chi connectivity index (χ3v) is 6.16. The lowest BCUT2D eigenvalue weighted by Crippen LogP contribution is -2.32. The highest BCUT2D eigenvalue weighted by molar-refractivity contribution is 7.89. The van der Waals surface area contributed by atoms with E-state index in [1.54, 1.807) is 14.0 Å². The average molecular weight is 311 g/mol. The molecule has 0 aliphatic heterocycles. The van der Waals surface area contributed by atoms with Crippen LogP contribution in [-0.4, -0.2) is 37.4 Å². The Bertz CT molecular complexity index is 633. The van der Waals surface area contributed by atoms with Crippen molar-refractivity contribution in [3.05, 3.63) is 29.3 Å². The van der Waals surface area contributed by atoms with Gasteiger partial charge in [0.25, 0.3) is 0 Å². The molecule has 0 atom stereocenters. The van der Waals surface area contributed by atoms with Gasteiger partial charge in [0.05, 0.1) is 10.5 Å².